The summed E-state index contributed by atoms with van der Waals surface area (Å²) in [5.41, 5.74) is 5.29. The van der Waals surface area contributed by atoms with Crippen molar-refractivity contribution in [1.82, 2.24) is 10.2 Å². The molecule has 2 rings (SSSR count). The minimum Gasteiger partial charge on any atom is -0.497 e. The molecule has 5 N–H and O–H groups in total. The van der Waals surface area contributed by atoms with E-state index in [-0.39, 0.29) is 11.4 Å². The predicted octanol–water partition coefficient (Wildman–Crippen LogP) is 0.546. The van der Waals surface area contributed by atoms with Gasteiger partial charge >= 0.3 is 0 Å². The first-order valence-electron chi connectivity index (χ1n) is 5.13. The van der Waals surface area contributed by atoms with Crippen LogP contribution in [0.5, 0.6) is 5.75 Å². The van der Waals surface area contributed by atoms with Crippen LogP contribution in [0.1, 0.15) is 10.4 Å². The lowest BCUT2D eigenvalue weighted by molar-refractivity contribution is 0.102. The van der Waals surface area contributed by atoms with E-state index >= 15 is 0 Å². The Balaban J connectivity index is 2.24. The van der Waals surface area contributed by atoms with Gasteiger partial charge in [-0.15, -0.1) is 0 Å². The largest absolute Gasteiger partial charge is 0.497 e. The van der Waals surface area contributed by atoms with Crippen molar-refractivity contribution in [1.29, 1.82) is 0 Å². The van der Waals surface area contributed by atoms with Gasteiger partial charge in [-0.25, -0.2) is 0 Å². The number of nitrogens with one attached hydrogen (secondary N) is 3. The van der Waals surface area contributed by atoms with Crippen LogP contribution < -0.4 is 21.3 Å². The first kappa shape index (κ1) is 11.8. The van der Waals surface area contributed by atoms with E-state index in [0.717, 1.165) is 0 Å². The van der Waals surface area contributed by atoms with Gasteiger partial charge in [-0.3, -0.25) is 19.8 Å². The molecule has 0 aliphatic heterocycles. The minimum absolute atomic E-state index is 0.000367. The number of nitrogens with two attached hydrogens (primary N) is 1. The first-order valence-corrected chi connectivity index (χ1v) is 5.13. The lowest BCUT2D eigenvalue weighted by Gasteiger charge is -2.05. The van der Waals surface area contributed by atoms with E-state index in [4.69, 9.17) is 10.5 Å². The number of ether oxygens (including phenoxy) is 1. The molecule has 0 saturated heterocycles. The Bertz CT molecular complexity index is 629. The number of H-pyrrole nitrogens is 2. The van der Waals surface area contributed by atoms with Crippen molar-refractivity contribution < 1.29 is 9.53 Å². The fraction of sp³-hybridized carbons (Fsp3) is 0.0909. The molecule has 0 aliphatic rings. The lowest BCUT2D eigenvalue weighted by atomic mass is 10.2. The quantitative estimate of drug-likeness (QED) is 0.635. The van der Waals surface area contributed by atoms with Gasteiger partial charge in [-0.2, -0.15) is 0 Å². The predicted molar refractivity (Wildman–Crippen MR) is 66.8 cm³/mol. The third kappa shape index (κ3) is 2.19. The molecule has 0 fully saturated rings. The van der Waals surface area contributed by atoms with Crippen LogP contribution in [-0.4, -0.2) is 23.2 Å². The average Bonchev–Trinajstić information content (AvgIpc) is 2.69. The number of aromatic nitrogens is 2. The summed E-state index contributed by atoms with van der Waals surface area (Å²) in [5, 5.41) is 7.18. The van der Waals surface area contributed by atoms with Crippen molar-refractivity contribution >= 4 is 17.4 Å². The van der Waals surface area contributed by atoms with Crippen molar-refractivity contribution in [3.63, 3.8) is 0 Å². The Morgan fingerprint density at radius 2 is 2.17 bits per heavy atom. The smallest absolute Gasteiger partial charge is 0.279 e. The van der Waals surface area contributed by atoms with Crippen molar-refractivity contribution in [2.45, 2.75) is 0 Å². The summed E-state index contributed by atoms with van der Waals surface area (Å²) in [6.07, 6.45) is 0. The maximum atomic E-state index is 11.8. The highest BCUT2D eigenvalue weighted by atomic mass is 16.5. The van der Waals surface area contributed by atoms with Crippen molar-refractivity contribution in [2.24, 2.45) is 0 Å². The third-order valence-corrected chi connectivity index (χ3v) is 2.36. The van der Waals surface area contributed by atoms with E-state index in [2.05, 4.69) is 15.5 Å². The molecule has 1 aromatic carbocycles. The lowest BCUT2D eigenvalue weighted by Crippen LogP contribution is -2.20. The minimum atomic E-state index is -0.580. The van der Waals surface area contributed by atoms with E-state index in [1.165, 1.54) is 7.11 Å². The van der Waals surface area contributed by atoms with Crippen LogP contribution in [0.25, 0.3) is 0 Å². The Kier molecular flexibility index (Phi) is 3.05. The Hall–Kier alpha value is -2.70. The number of anilines is 2. The number of nitrogen functional groups attached to an aromatic ring is 1. The van der Waals surface area contributed by atoms with Gasteiger partial charge in [0.2, 0.25) is 0 Å². The molecule has 0 spiro atoms. The van der Waals surface area contributed by atoms with Gasteiger partial charge in [0, 0.05) is 11.8 Å². The van der Waals surface area contributed by atoms with Crippen LogP contribution in [0, 0.1) is 0 Å². The maximum absolute atomic E-state index is 11.8. The standard InChI is InChI=1S/C11H12N4O3/c1-18-7-4-2-3-6(5-7)13-10(16)8-9(12)14-15-11(8)17/h2-5H,1H3,(H,13,16)(H4,12,14,15,17). The second kappa shape index (κ2) is 4.66. The molecule has 1 heterocycles. The van der Waals surface area contributed by atoms with Crippen LogP contribution in [-0.2, 0) is 0 Å². The second-order valence-corrected chi connectivity index (χ2v) is 3.55. The van der Waals surface area contributed by atoms with Gasteiger partial charge in [-0.1, -0.05) is 6.07 Å². The van der Waals surface area contributed by atoms with E-state index in [1.54, 1.807) is 24.3 Å². The Morgan fingerprint density at radius 1 is 1.39 bits per heavy atom. The zero-order valence-corrected chi connectivity index (χ0v) is 9.61. The highest BCUT2D eigenvalue weighted by Crippen LogP contribution is 2.17. The maximum Gasteiger partial charge on any atom is 0.279 e. The van der Waals surface area contributed by atoms with Crippen LogP contribution in [0.15, 0.2) is 29.1 Å². The molecule has 0 unspecified atom stereocenters. The van der Waals surface area contributed by atoms with Crippen molar-refractivity contribution in [3.8, 4) is 5.75 Å². The summed E-state index contributed by atoms with van der Waals surface area (Å²) in [5.74, 6) is 0.0207. The molecule has 7 nitrogen and oxygen atoms in total. The highest BCUT2D eigenvalue weighted by molar-refractivity contribution is 6.07. The number of methoxy groups -OCH3 is 1. The highest BCUT2D eigenvalue weighted by Gasteiger charge is 2.16. The molecule has 1 amide bonds. The van der Waals surface area contributed by atoms with E-state index < -0.39 is 11.5 Å². The molecule has 18 heavy (non-hydrogen) atoms. The molecule has 7 heteroatoms. The first-order chi connectivity index (χ1) is 8.61. The number of carbonyl (C=O) groups is 1. The number of hydrogen-bond acceptors (Lipinski definition) is 4. The van der Waals surface area contributed by atoms with Crippen molar-refractivity contribution in [2.75, 3.05) is 18.2 Å². The van der Waals surface area contributed by atoms with Gasteiger partial charge in [0.25, 0.3) is 11.5 Å². The van der Waals surface area contributed by atoms with Crippen LogP contribution in [0.3, 0.4) is 0 Å². The summed E-state index contributed by atoms with van der Waals surface area (Å²) in [6, 6.07) is 6.78. The normalized spacial score (nSPS) is 10.1. The van der Waals surface area contributed by atoms with E-state index in [1.807, 2.05) is 0 Å². The molecular formula is C11H12N4O3. The van der Waals surface area contributed by atoms with Gasteiger partial charge in [0.1, 0.15) is 17.1 Å². The zero-order chi connectivity index (χ0) is 13.1. The molecule has 0 aliphatic carbocycles. The van der Waals surface area contributed by atoms with Gasteiger partial charge in [0.05, 0.1) is 7.11 Å². The molecule has 0 atom stereocenters. The number of rotatable bonds is 3. The van der Waals surface area contributed by atoms with E-state index in [9.17, 15) is 9.59 Å². The fourth-order valence-electron chi connectivity index (χ4n) is 1.49. The van der Waals surface area contributed by atoms with Gasteiger partial charge in [-0.05, 0) is 12.1 Å². The molecule has 1 aromatic heterocycles. The molecule has 0 bridgehead atoms. The van der Waals surface area contributed by atoms with Crippen LogP contribution >= 0.6 is 0 Å². The van der Waals surface area contributed by atoms with Crippen molar-refractivity contribution in [3.05, 3.63) is 40.2 Å². The second-order valence-electron chi connectivity index (χ2n) is 3.55. The molecule has 0 radical (unpaired) electrons. The number of carbonyl (C=O) groups excluding carboxylic acids is 1. The Labute approximate surface area is 102 Å². The number of aromatic amines is 2. The SMILES string of the molecule is COc1cccc(NC(=O)c2c(N)[nH][nH]c2=O)c1. The summed E-state index contributed by atoms with van der Waals surface area (Å²) < 4.78 is 5.02. The number of hydrogen-bond donors (Lipinski definition) is 4. The van der Waals surface area contributed by atoms with Crippen LogP contribution in [0.4, 0.5) is 11.5 Å². The fourth-order valence-corrected chi connectivity index (χ4v) is 1.49. The molecule has 94 valence electrons. The average molecular weight is 248 g/mol. The number of amides is 1. The summed E-state index contributed by atoms with van der Waals surface area (Å²) in [4.78, 5) is 23.2. The zero-order valence-electron chi connectivity index (χ0n) is 9.61. The number of benzene rings is 1. The van der Waals surface area contributed by atoms with Gasteiger partial charge < -0.3 is 15.8 Å². The third-order valence-electron chi connectivity index (χ3n) is 2.36. The molecular weight excluding hydrogens is 236 g/mol. The topological polar surface area (TPSA) is 113 Å². The van der Waals surface area contributed by atoms with Crippen LogP contribution in [0.2, 0.25) is 0 Å². The molecule has 0 saturated carbocycles. The van der Waals surface area contributed by atoms with Gasteiger partial charge in [0.15, 0.2) is 0 Å². The monoisotopic (exact) mass is 248 g/mol. The summed E-state index contributed by atoms with van der Waals surface area (Å²) in [7, 11) is 1.52. The van der Waals surface area contributed by atoms with E-state index in [0.29, 0.717) is 11.4 Å². The summed E-state index contributed by atoms with van der Waals surface area (Å²) in [6.45, 7) is 0. The molecule has 2 aromatic rings. The Morgan fingerprint density at radius 3 is 2.78 bits per heavy atom. The summed E-state index contributed by atoms with van der Waals surface area (Å²) >= 11 is 0.